The lowest BCUT2D eigenvalue weighted by atomic mass is 10.0. The quantitative estimate of drug-likeness (QED) is 0.504. The van der Waals surface area contributed by atoms with Crippen molar-refractivity contribution in [1.82, 2.24) is 4.90 Å². The van der Waals surface area contributed by atoms with Crippen LogP contribution in [0.25, 0.3) is 0 Å². The van der Waals surface area contributed by atoms with Gasteiger partial charge in [-0.25, -0.2) is 0 Å². The Hall–Kier alpha value is -3.03. The van der Waals surface area contributed by atoms with Crippen LogP contribution in [0.5, 0.6) is 0 Å². The van der Waals surface area contributed by atoms with Gasteiger partial charge >= 0.3 is 6.18 Å². The summed E-state index contributed by atoms with van der Waals surface area (Å²) in [7, 11) is 0. The van der Waals surface area contributed by atoms with E-state index in [1.807, 2.05) is 54.6 Å². The number of carbonyl (C=O) groups excluding carboxylic acids is 1. The van der Waals surface area contributed by atoms with Gasteiger partial charge < -0.3 is 10.2 Å². The molecule has 1 atom stereocenters. The van der Waals surface area contributed by atoms with Gasteiger partial charge in [0.15, 0.2) is 0 Å². The first-order valence-electron chi connectivity index (χ1n) is 10.6. The molecule has 172 valence electrons. The number of hydrogen-bond donors (Lipinski definition) is 1. The van der Waals surface area contributed by atoms with E-state index >= 15 is 0 Å². The first kappa shape index (κ1) is 23.1. The molecule has 1 N–H and O–H groups in total. The molecule has 4 rings (SSSR count). The van der Waals surface area contributed by atoms with Gasteiger partial charge in [0.1, 0.15) is 6.04 Å². The van der Waals surface area contributed by atoms with Gasteiger partial charge in [0.05, 0.1) is 5.56 Å². The van der Waals surface area contributed by atoms with Crippen LogP contribution < -0.4 is 10.2 Å². The molecule has 0 radical (unpaired) electrons. The van der Waals surface area contributed by atoms with Crippen molar-refractivity contribution >= 4 is 28.9 Å². The fourth-order valence-electron chi connectivity index (χ4n) is 4.06. The molecule has 0 bridgehead atoms. The Kier molecular flexibility index (Phi) is 6.91. The molecule has 1 saturated heterocycles. The summed E-state index contributed by atoms with van der Waals surface area (Å²) < 4.78 is 39.3. The van der Waals surface area contributed by atoms with Crippen LogP contribution in [-0.4, -0.2) is 37.0 Å². The predicted molar refractivity (Wildman–Crippen MR) is 124 cm³/mol. The molecule has 3 aromatic rings. The normalized spacial score (nSPS) is 15.8. The second kappa shape index (κ2) is 9.85. The van der Waals surface area contributed by atoms with Crippen molar-refractivity contribution in [3.8, 4) is 0 Å². The van der Waals surface area contributed by atoms with Crippen LogP contribution >= 0.6 is 11.6 Å². The van der Waals surface area contributed by atoms with Crippen LogP contribution in [0, 0.1) is 0 Å². The van der Waals surface area contributed by atoms with Crippen molar-refractivity contribution in [2.45, 2.75) is 12.2 Å². The van der Waals surface area contributed by atoms with E-state index in [0.29, 0.717) is 31.2 Å². The Morgan fingerprint density at radius 2 is 1.58 bits per heavy atom. The van der Waals surface area contributed by atoms with Gasteiger partial charge in [-0.1, -0.05) is 54.1 Å². The van der Waals surface area contributed by atoms with E-state index in [9.17, 15) is 18.0 Å². The van der Waals surface area contributed by atoms with E-state index < -0.39 is 17.8 Å². The predicted octanol–water partition coefficient (Wildman–Crippen LogP) is 5.86. The average Bonchev–Trinajstić information content (AvgIpc) is 2.80. The standard InChI is InChI=1S/C25H23ClF3N3O/c26-20-9-5-11-22(17-20)31-12-14-32(15-13-31)23(18-6-2-1-3-7-18)24(33)30-21-10-4-8-19(16-21)25(27,28)29/h1-11,16-17,23H,12-15H2,(H,30,33)/t23-/m0/s1. The van der Waals surface area contributed by atoms with Crippen molar-refractivity contribution in [2.24, 2.45) is 0 Å². The summed E-state index contributed by atoms with van der Waals surface area (Å²) in [5.41, 5.74) is 1.13. The molecule has 4 nitrogen and oxygen atoms in total. The highest BCUT2D eigenvalue weighted by Gasteiger charge is 2.32. The molecule has 8 heteroatoms. The van der Waals surface area contributed by atoms with Crippen molar-refractivity contribution in [1.29, 1.82) is 0 Å². The number of carbonyl (C=O) groups is 1. The maximum atomic E-state index is 13.3. The smallest absolute Gasteiger partial charge is 0.369 e. The number of nitrogens with zero attached hydrogens (tertiary/aromatic N) is 2. The molecule has 3 aromatic carbocycles. The summed E-state index contributed by atoms with van der Waals surface area (Å²) in [5, 5.41) is 3.35. The Balaban J connectivity index is 1.52. The number of anilines is 2. The maximum absolute atomic E-state index is 13.3. The highest BCUT2D eigenvalue weighted by molar-refractivity contribution is 6.30. The second-order valence-electron chi connectivity index (χ2n) is 7.88. The summed E-state index contributed by atoms with van der Waals surface area (Å²) in [6.07, 6.45) is -4.48. The average molecular weight is 474 g/mol. The highest BCUT2D eigenvalue weighted by atomic mass is 35.5. The lowest BCUT2D eigenvalue weighted by Gasteiger charge is -2.39. The molecule has 1 heterocycles. The Morgan fingerprint density at radius 3 is 2.24 bits per heavy atom. The van der Waals surface area contributed by atoms with Gasteiger partial charge in [-0.3, -0.25) is 9.69 Å². The summed E-state index contributed by atoms with van der Waals surface area (Å²) in [5.74, 6) is -0.364. The molecule has 1 aliphatic heterocycles. The molecular weight excluding hydrogens is 451 g/mol. The third-order valence-electron chi connectivity index (χ3n) is 5.67. The molecule has 0 unspecified atom stereocenters. The number of piperazine rings is 1. The number of alkyl halides is 3. The fourth-order valence-corrected chi connectivity index (χ4v) is 4.24. The maximum Gasteiger partial charge on any atom is 0.416 e. The summed E-state index contributed by atoms with van der Waals surface area (Å²) in [4.78, 5) is 17.6. The minimum atomic E-state index is -4.48. The minimum absolute atomic E-state index is 0.119. The Labute approximate surface area is 195 Å². The Bertz CT molecular complexity index is 1100. The number of amides is 1. The van der Waals surface area contributed by atoms with Gasteiger partial charge in [0.25, 0.3) is 0 Å². The van der Waals surface area contributed by atoms with E-state index in [4.69, 9.17) is 11.6 Å². The molecule has 1 amide bonds. The van der Waals surface area contributed by atoms with Crippen molar-refractivity contribution < 1.29 is 18.0 Å². The van der Waals surface area contributed by atoms with Crippen LogP contribution in [0.2, 0.25) is 5.02 Å². The summed E-state index contributed by atoms with van der Waals surface area (Å²) in [6.45, 7) is 2.62. The molecule has 0 saturated carbocycles. The first-order chi connectivity index (χ1) is 15.8. The van der Waals surface area contributed by atoms with Crippen molar-refractivity contribution in [3.63, 3.8) is 0 Å². The van der Waals surface area contributed by atoms with E-state index in [-0.39, 0.29) is 11.6 Å². The van der Waals surface area contributed by atoms with E-state index in [2.05, 4.69) is 15.1 Å². The number of benzene rings is 3. The zero-order valence-electron chi connectivity index (χ0n) is 17.7. The molecule has 0 spiro atoms. The van der Waals surface area contributed by atoms with Crippen LogP contribution in [-0.2, 0) is 11.0 Å². The molecule has 1 aliphatic rings. The molecular formula is C25H23ClF3N3O. The van der Waals surface area contributed by atoms with Crippen molar-refractivity contribution in [3.05, 3.63) is 95.0 Å². The number of rotatable bonds is 5. The van der Waals surface area contributed by atoms with E-state index in [0.717, 1.165) is 23.4 Å². The molecule has 33 heavy (non-hydrogen) atoms. The fraction of sp³-hybridized carbons (Fsp3) is 0.240. The Morgan fingerprint density at radius 1 is 0.879 bits per heavy atom. The second-order valence-corrected chi connectivity index (χ2v) is 8.32. The van der Waals surface area contributed by atoms with Gasteiger partial charge in [0, 0.05) is 42.6 Å². The molecule has 1 fully saturated rings. The highest BCUT2D eigenvalue weighted by Crippen LogP contribution is 2.32. The van der Waals surface area contributed by atoms with Gasteiger partial charge in [-0.05, 0) is 42.0 Å². The van der Waals surface area contributed by atoms with E-state index in [1.54, 1.807) is 0 Å². The lowest BCUT2D eigenvalue weighted by Crippen LogP contribution is -2.50. The third kappa shape index (κ3) is 5.67. The summed E-state index contributed by atoms with van der Waals surface area (Å²) >= 11 is 6.12. The summed E-state index contributed by atoms with van der Waals surface area (Å²) in [6, 6.07) is 21.0. The third-order valence-corrected chi connectivity index (χ3v) is 5.91. The van der Waals surface area contributed by atoms with Gasteiger partial charge in [-0.15, -0.1) is 0 Å². The van der Waals surface area contributed by atoms with E-state index in [1.165, 1.54) is 12.1 Å². The van der Waals surface area contributed by atoms with Gasteiger partial charge in [0.2, 0.25) is 5.91 Å². The zero-order valence-corrected chi connectivity index (χ0v) is 18.5. The minimum Gasteiger partial charge on any atom is -0.369 e. The molecule has 0 aliphatic carbocycles. The first-order valence-corrected chi connectivity index (χ1v) is 11.0. The topological polar surface area (TPSA) is 35.6 Å². The zero-order chi connectivity index (χ0) is 23.4. The SMILES string of the molecule is O=C(Nc1cccc(C(F)(F)F)c1)[C@H](c1ccccc1)N1CCN(c2cccc(Cl)c2)CC1. The van der Waals surface area contributed by atoms with Crippen LogP contribution in [0.15, 0.2) is 78.9 Å². The van der Waals surface area contributed by atoms with Crippen LogP contribution in [0.1, 0.15) is 17.2 Å². The largest absolute Gasteiger partial charge is 0.416 e. The number of hydrogen-bond acceptors (Lipinski definition) is 3. The number of nitrogens with one attached hydrogen (secondary N) is 1. The molecule has 0 aromatic heterocycles. The van der Waals surface area contributed by atoms with Crippen molar-refractivity contribution in [2.75, 3.05) is 36.4 Å². The lowest BCUT2D eigenvalue weighted by molar-refractivity contribution is -0.137. The number of halogens is 4. The monoisotopic (exact) mass is 473 g/mol. The van der Waals surface area contributed by atoms with Gasteiger partial charge in [-0.2, -0.15) is 13.2 Å². The van der Waals surface area contributed by atoms with Crippen LogP contribution in [0.3, 0.4) is 0 Å². The van der Waals surface area contributed by atoms with Crippen LogP contribution in [0.4, 0.5) is 24.5 Å².